The maximum Gasteiger partial charge on any atom is 0.251 e. The van der Waals surface area contributed by atoms with Crippen molar-refractivity contribution in [2.45, 2.75) is 35.1 Å². The van der Waals surface area contributed by atoms with Crippen molar-refractivity contribution in [2.24, 2.45) is 0 Å². The molecule has 142 valence electrons. The van der Waals surface area contributed by atoms with Crippen LogP contribution in [0, 0.1) is 0 Å². The van der Waals surface area contributed by atoms with Crippen LogP contribution in [0.3, 0.4) is 0 Å². The van der Waals surface area contributed by atoms with Gasteiger partial charge in [0.1, 0.15) is 0 Å². The molecule has 2 aromatic rings. The minimum atomic E-state index is -3.53. The molecule has 1 N–H and O–H groups in total. The third-order valence-corrected chi connectivity index (χ3v) is 8.08. The predicted octanol–water partition coefficient (Wildman–Crippen LogP) is 3.44. The van der Waals surface area contributed by atoms with E-state index in [1.165, 1.54) is 15.3 Å². The van der Waals surface area contributed by atoms with E-state index in [0.29, 0.717) is 18.7 Å². The zero-order valence-electron chi connectivity index (χ0n) is 14.9. The van der Waals surface area contributed by atoms with E-state index in [9.17, 15) is 13.2 Å². The maximum absolute atomic E-state index is 12.8. The first-order valence-electron chi connectivity index (χ1n) is 9.18. The van der Waals surface area contributed by atoms with Gasteiger partial charge in [0.25, 0.3) is 5.91 Å². The van der Waals surface area contributed by atoms with Gasteiger partial charge in [-0.05, 0) is 49.1 Å². The van der Waals surface area contributed by atoms with Crippen LogP contribution >= 0.6 is 11.8 Å². The molecular weight excluding hydrogens is 380 g/mol. The topological polar surface area (TPSA) is 66.5 Å². The Morgan fingerprint density at radius 2 is 1.85 bits per heavy atom. The molecule has 1 fully saturated rings. The number of nitrogens with one attached hydrogen (secondary N) is 1. The van der Waals surface area contributed by atoms with Crippen molar-refractivity contribution in [3.8, 4) is 0 Å². The van der Waals surface area contributed by atoms with Crippen LogP contribution in [0.5, 0.6) is 0 Å². The van der Waals surface area contributed by atoms with E-state index in [2.05, 4.69) is 11.4 Å². The van der Waals surface area contributed by atoms with Crippen LogP contribution < -0.4 is 5.32 Å². The fourth-order valence-electron chi connectivity index (χ4n) is 3.61. The van der Waals surface area contributed by atoms with E-state index in [4.69, 9.17) is 0 Å². The zero-order valence-corrected chi connectivity index (χ0v) is 16.6. The number of carbonyl (C=O) groups excluding carboxylic acids is 1. The van der Waals surface area contributed by atoms with Gasteiger partial charge in [0.2, 0.25) is 10.0 Å². The molecule has 0 bridgehead atoms. The van der Waals surface area contributed by atoms with Gasteiger partial charge in [0.05, 0.1) is 10.9 Å². The van der Waals surface area contributed by atoms with Crippen LogP contribution in [-0.4, -0.2) is 37.5 Å². The summed E-state index contributed by atoms with van der Waals surface area (Å²) in [6.45, 7) is 1.10. The molecule has 0 saturated carbocycles. The average molecular weight is 403 g/mol. The highest BCUT2D eigenvalue weighted by Gasteiger charge is 2.28. The van der Waals surface area contributed by atoms with E-state index in [1.807, 2.05) is 18.2 Å². The molecule has 2 aromatic carbocycles. The largest absolute Gasteiger partial charge is 0.345 e. The molecule has 0 aliphatic carbocycles. The number of sulfonamides is 1. The summed E-state index contributed by atoms with van der Waals surface area (Å²) in [4.78, 5) is 14.2. The summed E-state index contributed by atoms with van der Waals surface area (Å²) >= 11 is 1.80. The number of carbonyl (C=O) groups is 1. The van der Waals surface area contributed by atoms with Crippen LogP contribution in [0.2, 0.25) is 0 Å². The number of benzene rings is 2. The molecule has 5 nitrogen and oxygen atoms in total. The third-order valence-electron chi connectivity index (χ3n) is 5.06. The van der Waals surface area contributed by atoms with Crippen molar-refractivity contribution in [1.82, 2.24) is 9.62 Å². The van der Waals surface area contributed by atoms with Gasteiger partial charge in [-0.3, -0.25) is 4.79 Å². The minimum Gasteiger partial charge on any atom is -0.345 e. The minimum absolute atomic E-state index is 0.0474. The average Bonchev–Trinajstić information content (AvgIpc) is 3.24. The highest BCUT2D eigenvalue weighted by Crippen LogP contribution is 2.36. The molecular formula is C20H22N2O3S2. The molecule has 4 rings (SSSR count). The van der Waals surface area contributed by atoms with Gasteiger partial charge in [-0.2, -0.15) is 4.31 Å². The van der Waals surface area contributed by atoms with E-state index in [1.54, 1.807) is 30.0 Å². The molecule has 27 heavy (non-hydrogen) atoms. The van der Waals surface area contributed by atoms with Crippen LogP contribution in [0.4, 0.5) is 0 Å². The van der Waals surface area contributed by atoms with Crippen molar-refractivity contribution < 1.29 is 13.2 Å². The van der Waals surface area contributed by atoms with Crippen molar-refractivity contribution in [3.63, 3.8) is 0 Å². The van der Waals surface area contributed by atoms with Crippen LogP contribution in [-0.2, 0) is 10.0 Å². The summed E-state index contributed by atoms with van der Waals surface area (Å²) < 4.78 is 27.0. The molecule has 0 aromatic heterocycles. The lowest BCUT2D eigenvalue weighted by Crippen LogP contribution is -2.31. The van der Waals surface area contributed by atoms with E-state index in [-0.39, 0.29) is 16.8 Å². The summed E-state index contributed by atoms with van der Waals surface area (Å²) in [7, 11) is -3.53. The lowest BCUT2D eigenvalue weighted by molar-refractivity contribution is 0.0934. The Hall–Kier alpha value is -1.83. The van der Waals surface area contributed by atoms with Gasteiger partial charge in [0.15, 0.2) is 0 Å². The summed E-state index contributed by atoms with van der Waals surface area (Å²) in [6, 6.07) is 14.4. The fourth-order valence-corrected chi connectivity index (χ4v) is 6.30. The Kier molecular flexibility index (Phi) is 5.25. The number of rotatable bonds is 4. The van der Waals surface area contributed by atoms with Crippen LogP contribution in [0.1, 0.15) is 41.2 Å². The second kappa shape index (κ2) is 7.66. The number of nitrogens with zero attached hydrogens (tertiary/aromatic N) is 1. The number of hydrogen-bond donors (Lipinski definition) is 1. The van der Waals surface area contributed by atoms with Crippen molar-refractivity contribution in [2.75, 3.05) is 18.8 Å². The molecule has 0 radical (unpaired) electrons. The van der Waals surface area contributed by atoms with Crippen LogP contribution in [0.25, 0.3) is 0 Å². The van der Waals surface area contributed by atoms with Gasteiger partial charge in [0, 0.05) is 29.3 Å². The standard InChI is InChI=1S/C20H22N2O3S2/c23-20(21-18-10-13-26-19-9-2-1-8-17(18)19)15-6-5-7-16(14-15)27(24,25)22-11-3-4-12-22/h1-2,5-9,14,18H,3-4,10-13H2,(H,21,23)/t18-/m1/s1. The molecule has 1 amide bonds. The summed E-state index contributed by atoms with van der Waals surface area (Å²) in [5, 5.41) is 3.08. The normalized spacial score (nSPS) is 20.2. The number of fused-ring (bicyclic) bond motifs is 1. The zero-order chi connectivity index (χ0) is 18.9. The first kappa shape index (κ1) is 18.5. The van der Waals surface area contributed by atoms with E-state index >= 15 is 0 Å². The highest BCUT2D eigenvalue weighted by atomic mass is 32.2. The van der Waals surface area contributed by atoms with E-state index < -0.39 is 10.0 Å². The second-order valence-electron chi connectivity index (χ2n) is 6.84. The Bertz CT molecular complexity index is 953. The highest BCUT2D eigenvalue weighted by molar-refractivity contribution is 7.99. The first-order chi connectivity index (χ1) is 13.1. The molecule has 2 aliphatic rings. The molecule has 1 atom stereocenters. The Morgan fingerprint density at radius 3 is 2.67 bits per heavy atom. The molecule has 7 heteroatoms. The predicted molar refractivity (Wildman–Crippen MR) is 106 cm³/mol. The summed E-state index contributed by atoms with van der Waals surface area (Å²) in [5.74, 6) is 0.714. The fraction of sp³-hybridized carbons (Fsp3) is 0.350. The van der Waals surface area contributed by atoms with Gasteiger partial charge < -0.3 is 5.32 Å². The van der Waals surface area contributed by atoms with Gasteiger partial charge in [-0.15, -0.1) is 11.8 Å². The van der Waals surface area contributed by atoms with Gasteiger partial charge in [-0.1, -0.05) is 24.3 Å². The Balaban J connectivity index is 1.55. The maximum atomic E-state index is 12.8. The quantitative estimate of drug-likeness (QED) is 0.851. The SMILES string of the molecule is O=C(N[C@@H]1CCSc2ccccc21)c1cccc(S(=O)(=O)N2CCCC2)c1. The smallest absolute Gasteiger partial charge is 0.251 e. The monoisotopic (exact) mass is 402 g/mol. The van der Waals surface area contributed by atoms with Crippen molar-refractivity contribution in [1.29, 1.82) is 0 Å². The Labute approximate surface area is 164 Å². The number of thioether (sulfide) groups is 1. The summed E-state index contributed by atoms with van der Waals surface area (Å²) in [6.07, 6.45) is 2.64. The number of amides is 1. The number of hydrogen-bond acceptors (Lipinski definition) is 4. The Morgan fingerprint density at radius 1 is 1.07 bits per heavy atom. The first-order valence-corrected chi connectivity index (χ1v) is 11.6. The lowest BCUT2D eigenvalue weighted by atomic mass is 10.0. The van der Waals surface area contributed by atoms with Crippen molar-refractivity contribution >= 4 is 27.7 Å². The molecule has 2 aliphatic heterocycles. The van der Waals surface area contributed by atoms with Gasteiger partial charge >= 0.3 is 0 Å². The van der Waals surface area contributed by atoms with Crippen molar-refractivity contribution in [3.05, 3.63) is 59.7 Å². The molecule has 0 spiro atoms. The van der Waals surface area contributed by atoms with Gasteiger partial charge in [-0.25, -0.2) is 8.42 Å². The molecule has 0 unspecified atom stereocenters. The molecule has 1 saturated heterocycles. The lowest BCUT2D eigenvalue weighted by Gasteiger charge is -2.26. The third kappa shape index (κ3) is 3.77. The summed E-state index contributed by atoms with van der Waals surface area (Å²) in [5.41, 5.74) is 1.51. The van der Waals surface area contributed by atoms with E-state index in [0.717, 1.165) is 30.6 Å². The van der Waals surface area contributed by atoms with Crippen LogP contribution in [0.15, 0.2) is 58.3 Å². The second-order valence-corrected chi connectivity index (χ2v) is 9.91. The molecule has 2 heterocycles.